The summed E-state index contributed by atoms with van der Waals surface area (Å²) in [6.07, 6.45) is 4.09. The Morgan fingerprint density at radius 3 is 2.43 bits per heavy atom. The molecule has 4 nitrogen and oxygen atoms in total. The predicted octanol–water partition coefficient (Wildman–Crippen LogP) is 2.53. The quantitative estimate of drug-likeness (QED) is 0.844. The number of likely N-dealkylation sites (tertiary alicyclic amines) is 1. The third-order valence-corrected chi connectivity index (χ3v) is 5.49. The van der Waals surface area contributed by atoms with Crippen LogP contribution >= 0.6 is 15.9 Å². The first-order valence-electron chi connectivity index (χ1n) is 8.68. The second kappa shape index (κ2) is 8.27. The first kappa shape index (κ1) is 16.9. The largest absolute Gasteiger partial charge is 0.353 e. The van der Waals surface area contributed by atoms with Crippen molar-refractivity contribution in [2.24, 2.45) is 5.92 Å². The molecule has 0 unspecified atom stereocenters. The summed E-state index contributed by atoms with van der Waals surface area (Å²) in [5, 5.41) is 6.60. The zero-order valence-electron chi connectivity index (χ0n) is 13.6. The molecule has 0 bridgehead atoms. The topological polar surface area (TPSA) is 44.4 Å². The maximum Gasteiger partial charge on any atom is 0.223 e. The van der Waals surface area contributed by atoms with Gasteiger partial charge in [-0.05, 0) is 56.5 Å². The molecule has 1 aromatic carbocycles. The molecular formula is C18H26BrN3O. The van der Waals surface area contributed by atoms with Gasteiger partial charge in [0.2, 0.25) is 5.91 Å². The van der Waals surface area contributed by atoms with Gasteiger partial charge < -0.3 is 10.6 Å². The molecule has 2 heterocycles. The van der Waals surface area contributed by atoms with E-state index in [1.165, 1.54) is 5.56 Å². The van der Waals surface area contributed by atoms with Crippen LogP contribution in [0.15, 0.2) is 28.7 Å². The summed E-state index contributed by atoms with van der Waals surface area (Å²) in [6.45, 7) is 5.08. The number of piperidine rings is 2. The van der Waals surface area contributed by atoms with Crippen molar-refractivity contribution in [1.29, 1.82) is 0 Å². The van der Waals surface area contributed by atoms with Gasteiger partial charge in [0.05, 0.1) is 0 Å². The Morgan fingerprint density at radius 2 is 1.78 bits per heavy atom. The van der Waals surface area contributed by atoms with Gasteiger partial charge in [0.25, 0.3) is 0 Å². The third kappa shape index (κ3) is 5.03. The Kier molecular flexibility index (Phi) is 6.08. The Balaban J connectivity index is 1.41. The highest BCUT2D eigenvalue weighted by Crippen LogP contribution is 2.18. The lowest BCUT2D eigenvalue weighted by molar-refractivity contribution is -0.126. The average molecular weight is 380 g/mol. The summed E-state index contributed by atoms with van der Waals surface area (Å²) in [4.78, 5) is 14.8. The fraction of sp³-hybridized carbons (Fsp3) is 0.611. The molecule has 23 heavy (non-hydrogen) atoms. The van der Waals surface area contributed by atoms with Gasteiger partial charge in [-0.1, -0.05) is 28.1 Å². The zero-order chi connectivity index (χ0) is 16.1. The summed E-state index contributed by atoms with van der Waals surface area (Å²) < 4.78 is 1.13. The molecule has 1 amide bonds. The third-order valence-electron chi connectivity index (χ3n) is 4.96. The number of benzene rings is 1. The van der Waals surface area contributed by atoms with Gasteiger partial charge in [-0.25, -0.2) is 0 Å². The highest BCUT2D eigenvalue weighted by atomic mass is 79.9. The van der Waals surface area contributed by atoms with Crippen molar-refractivity contribution in [3.05, 3.63) is 34.3 Å². The van der Waals surface area contributed by atoms with Gasteiger partial charge in [0.1, 0.15) is 0 Å². The van der Waals surface area contributed by atoms with E-state index in [0.717, 1.165) is 62.9 Å². The van der Waals surface area contributed by atoms with Crippen LogP contribution in [0.25, 0.3) is 0 Å². The van der Waals surface area contributed by atoms with E-state index in [1.807, 2.05) is 0 Å². The van der Waals surface area contributed by atoms with Crippen molar-refractivity contribution >= 4 is 21.8 Å². The second-order valence-electron chi connectivity index (χ2n) is 6.71. The molecule has 0 aromatic heterocycles. The SMILES string of the molecule is O=C(NC1CCN(Cc2ccc(Br)cc2)CC1)C1CCNCC1. The number of nitrogens with zero attached hydrogens (tertiary/aromatic N) is 1. The average Bonchev–Trinajstić information content (AvgIpc) is 2.59. The van der Waals surface area contributed by atoms with Crippen molar-refractivity contribution in [1.82, 2.24) is 15.5 Å². The normalized spacial score (nSPS) is 21.3. The fourth-order valence-electron chi connectivity index (χ4n) is 3.49. The van der Waals surface area contributed by atoms with E-state index < -0.39 is 0 Å². The van der Waals surface area contributed by atoms with Gasteiger partial charge in [0.15, 0.2) is 0 Å². The van der Waals surface area contributed by atoms with Crippen molar-refractivity contribution < 1.29 is 4.79 Å². The van der Waals surface area contributed by atoms with E-state index in [9.17, 15) is 4.79 Å². The minimum atomic E-state index is 0.219. The standard InChI is InChI=1S/C18H26BrN3O/c19-16-3-1-14(2-4-16)13-22-11-7-17(8-12-22)21-18(23)15-5-9-20-10-6-15/h1-4,15,17,20H,5-13H2,(H,21,23). The number of carbonyl (C=O) groups excluding carboxylic acids is 1. The first-order valence-corrected chi connectivity index (χ1v) is 9.48. The number of amides is 1. The van der Waals surface area contributed by atoms with Gasteiger partial charge in [-0.2, -0.15) is 0 Å². The minimum Gasteiger partial charge on any atom is -0.353 e. The number of nitrogens with one attached hydrogen (secondary N) is 2. The molecule has 126 valence electrons. The molecule has 0 atom stereocenters. The van der Waals surface area contributed by atoms with E-state index in [0.29, 0.717) is 6.04 Å². The molecule has 3 rings (SSSR count). The molecule has 0 spiro atoms. The lowest BCUT2D eigenvalue weighted by Crippen LogP contribution is -2.47. The Hall–Kier alpha value is -0.910. The highest BCUT2D eigenvalue weighted by Gasteiger charge is 2.25. The first-order chi connectivity index (χ1) is 11.2. The summed E-state index contributed by atoms with van der Waals surface area (Å²) in [6, 6.07) is 8.91. The smallest absolute Gasteiger partial charge is 0.223 e. The second-order valence-corrected chi connectivity index (χ2v) is 7.63. The Bertz CT molecular complexity index is 506. The minimum absolute atomic E-state index is 0.219. The molecular weight excluding hydrogens is 354 g/mol. The number of halogens is 1. The molecule has 0 aliphatic carbocycles. The van der Waals surface area contributed by atoms with Gasteiger partial charge in [0, 0.05) is 36.1 Å². The van der Waals surface area contributed by atoms with Crippen LogP contribution in [0.5, 0.6) is 0 Å². The van der Waals surface area contributed by atoms with Crippen molar-refractivity contribution in [3.63, 3.8) is 0 Å². The van der Waals surface area contributed by atoms with Crippen LogP contribution in [0.4, 0.5) is 0 Å². The summed E-state index contributed by atoms with van der Waals surface area (Å²) >= 11 is 3.48. The van der Waals surface area contributed by atoms with Gasteiger partial charge in [-0.3, -0.25) is 9.69 Å². The van der Waals surface area contributed by atoms with E-state index in [4.69, 9.17) is 0 Å². The monoisotopic (exact) mass is 379 g/mol. The molecule has 0 radical (unpaired) electrons. The van der Waals surface area contributed by atoms with Crippen LogP contribution in [0.3, 0.4) is 0 Å². The van der Waals surface area contributed by atoms with Crippen LogP contribution in [0.1, 0.15) is 31.2 Å². The summed E-state index contributed by atoms with van der Waals surface area (Å²) in [5.41, 5.74) is 1.35. The number of hydrogen-bond acceptors (Lipinski definition) is 3. The summed E-state index contributed by atoms with van der Waals surface area (Å²) in [5.74, 6) is 0.495. The van der Waals surface area contributed by atoms with Crippen LogP contribution in [-0.4, -0.2) is 43.0 Å². The molecule has 2 aliphatic heterocycles. The summed E-state index contributed by atoms with van der Waals surface area (Å²) in [7, 11) is 0. The Morgan fingerprint density at radius 1 is 1.13 bits per heavy atom. The number of carbonyl (C=O) groups is 1. The highest BCUT2D eigenvalue weighted by molar-refractivity contribution is 9.10. The lowest BCUT2D eigenvalue weighted by atomic mass is 9.96. The van der Waals surface area contributed by atoms with Crippen molar-refractivity contribution in [2.75, 3.05) is 26.2 Å². The number of hydrogen-bond donors (Lipinski definition) is 2. The van der Waals surface area contributed by atoms with Crippen LogP contribution in [0.2, 0.25) is 0 Å². The van der Waals surface area contributed by atoms with E-state index >= 15 is 0 Å². The van der Waals surface area contributed by atoms with E-state index in [2.05, 4.69) is 55.7 Å². The van der Waals surface area contributed by atoms with E-state index in [-0.39, 0.29) is 11.8 Å². The molecule has 2 aliphatic rings. The van der Waals surface area contributed by atoms with Crippen LogP contribution in [0, 0.1) is 5.92 Å². The Labute approximate surface area is 147 Å². The van der Waals surface area contributed by atoms with Crippen molar-refractivity contribution in [2.45, 2.75) is 38.3 Å². The molecule has 2 fully saturated rings. The predicted molar refractivity (Wildman–Crippen MR) is 96.2 cm³/mol. The maximum absolute atomic E-state index is 12.3. The molecule has 0 saturated carbocycles. The van der Waals surface area contributed by atoms with Gasteiger partial charge >= 0.3 is 0 Å². The van der Waals surface area contributed by atoms with Gasteiger partial charge in [-0.15, -0.1) is 0 Å². The number of rotatable bonds is 4. The zero-order valence-corrected chi connectivity index (χ0v) is 15.1. The molecule has 2 saturated heterocycles. The molecule has 5 heteroatoms. The van der Waals surface area contributed by atoms with Crippen molar-refractivity contribution in [3.8, 4) is 0 Å². The van der Waals surface area contributed by atoms with E-state index in [1.54, 1.807) is 0 Å². The van der Waals surface area contributed by atoms with Crippen LogP contribution in [-0.2, 0) is 11.3 Å². The fourth-order valence-corrected chi connectivity index (χ4v) is 3.75. The lowest BCUT2D eigenvalue weighted by Gasteiger charge is -2.33. The molecule has 1 aromatic rings. The molecule has 2 N–H and O–H groups in total. The van der Waals surface area contributed by atoms with Crippen LogP contribution < -0.4 is 10.6 Å². The maximum atomic E-state index is 12.3.